The average molecular weight is 350 g/mol. The molecule has 1 heterocycles. The summed E-state index contributed by atoms with van der Waals surface area (Å²) in [7, 11) is 0. The molecule has 2 aromatic carbocycles. The fraction of sp³-hybridized carbons (Fsp3) is 0.238. The van der Waals surface area contributed by atoms with Gasteiger partial charge in [0.2, 0.25) is 0 Å². The van der Waals surface area contributed by atoms with Crippen LogP contribution in [0.5, 0.6) is 0 Å². The number of aliphatic hydroxyl groups is 1. The second-order valence-corrected chi connectivity index (χ2v) is 7.10. The van der Waals surface area contributed by atoms with Crippen LogP contribution < -0.4 is 10.9 Å². The maximum atomic E-state index is 12.7. The molecule has 0 aliphatic carbocycles. The fourth-order valence-electron chi connectivity index (χ4n) is 2.99. The van der Waals surface area contributed by atoms with Crippen LogP contribution >= 0.6 is 0 Å². The first-order chi connectivity index (χ1) is 12.3. The molecule has 3 aromatic rings. The first-order valence-electron chi connectivity index (χ1n) is 8.48. The second kappa shape index (κ2) is 6.77. The lowest BCUT2D eigenvalue weighted by atomic mass is 10.1. The monoisotopic (exact) mass is 350 g/mol. The van der Waals surface area contributed by atoms with Gasteiger partial charge in [-0.15, -0.1) is 0 Å². The fourth-order valence-corrected chi connectivity index (χ4v) is 2.99. The van der Waals surface area contributed by atoms with Gasteiger partial charge >= 0.3 is 0 Å². The Morgan fingerprint density at radius 1 is 1.08 bits per heavy atom. The number of amides is 1. The van der Waals surface area contributed by atoms with E-state index in [-0.39, 0.29) is 18.0 Å². The third-order valence-corrected chi connectivity index (χ3v) is 4.21. The topological polar surface area (TPSA) is 71.3 Å². The van der Waals surface area contributed by atoms with Crippen LogP contribution in [0.4, 0.5) is 5.69 Å². The summed E-state index contributed by atoms with van der Waals surface area (Å²) in [4.78, 5) is 25.3. The number of nitrogens with one attached hydrogen (secondary N) is 1. The molecule has 5 heteroatoms. The molecule has 0 aliphatic heterocycles. The molecule has 0 fully saturated rings. The van der Waals surface area contributed by atoms with Gasteiger partial charge in [0.25, 0.3) is 11.5 Å². The van der Waals surface area contributed by atoms with Crippen molar-refractivity contribution in [1.29, 1.82) is 0 Å². The van der Waals surface area contributed by atoms with Crippen LogP contribution in [0.15, 0.2) is 59.5 Å². The van der Waals surface area contributed by atoms with Crippen LogP contribution in [0.3, 0.4) is 0 Å². The van der Waals surface area contributed by atoms with Crippen LogP contribution in [0, 0.1) is 6.92 Å². The van der Waals surface area contributed by atoms with E-state index < -0.39 is 5.60 Å². The van der Waals surface area contributed by atoms with Crippen molar-refractivity contribution in [2.45, 2.75) is 32.9 Å². The Balaban J connectivity index is 2.00. The van der Waals surface area contributed by atoms with Crippen LogP contribution in [-0.2, 0) is 6.54 Å². The van der Waals surface area contributed by atoms with Gasteiger partial charge in [0.05, 0.1) is 12.1 Å². The van der Waals surface area contributed by atoms with E-state index in [1.165, 1.54) is 4.57 Å². The summed E-state index contributed by atoms with van der Waals surface area (Å²) < 4.78 is 1.48. The smallest absolute Gasteiger partial charge is 0.258 e. The molecular weight excluding hydrogens is 328 g/mol. The Morgan fingerprint density at radius 2 is 1.81 bits per heavy atom. The summed E-state index contributed by atoms with van der Waals surface area (Å²) >= 11 is 0. The summed E-state index contributed by atoms with van der Waals surface area (Å²) in [6, 6.07) is 14.4. The molecule has 0 bridgehead atoms. The van der Waals surface area contributed by atoms with E-state index in [1.807, 2.05) is 25.1 Å². The molecule has 3 rings (SSSR count). The van der Waals surface area contributed by atoms with Crippen molar-refractivity contribution < 1.29 is 9.90 Å². The van der Waals surface area contributed by atoms with Gasteiger partial charge in [0.15, 0.2) is 0 Å². The number of pyridine rings is 1. The van der Waals surface area contributed by atoms with E-state index >= 15 is 0 Å². The lowest BCUT2D eigenvalue weighted by molar-refractivity contribution is 0.0606. The Bertz CT molecular complexity index is 1030. The molecule has 2 N–H and O–H groups in total. The molecule has 1 amide bonds. The molecular formula is C21H22N2O3. The zero-order valence-corrected chi connectivity index (χ0v) is 15.1. The van der Waals surface area contributed by atoms with Gasteiger partial charge in [0, 0.05) is 28.2 Å². The van der Waals surface area contributed by atoms with E-state index in [9.17, 15) is 14.7 Å². The van der Waals surface area contributed by atoms with Gasteiger partial charge in [-0.25, -0.2) is 0 Å². The standard InChI is InChI=1S/C21H22N2O3/c1-14-7-4-5-8-15(14)19(24)22-18-10-6-9-17-16(18)11-12-23(20(17)25)13-21(2,3)26/h4-12,26H,13H2,1-3H3,(H,22,24). The maximum Gasteiger partial charge on any atom is 0.258 e. The third kappa shape index (κ3) is 3.68. The Kier molecular flexibility index (Phi) is 4.66. The number of hydrogen-bond acceptors (Lipinski definition) is 3. The Morgan fingerprint density at radius 3 is 2.50 bits per heavy atom. The average Bonchev–Trinajstić information content (AvgIpc) is 2.57. The summed E-state index contributed by atoms with van der Waals surface area (Å²) in [5, 5.41) is 14.0. The lowest BCUT2D eigenvalue weighted by Gasteiger charge is -2.19. The summed E-state index contributed by atoms with van der Waals surface area (Å²) in [5.74, 6) is -0.212. The van der Waals surface area contributed by atoms with E-state index in [2.05, 4.69) is 5.32 Å². The highest BCUT2D eigenvalue weighted by Crippen LogP contribution is 2.22. The van der Waals surface area contributed by atoms with Gasteiger partial charge in [0.1, 0.15) is 0 Å². The van der Waals surface area contributed by atoms with Crippen molar-refractivity contribution in [1.82, 2.24) is 4.57 Å². The maximum absolute atomic E-state index is 12.7. The number of carbonyl (C=O) groups excluding carboxylic acids is 1. The molecule has 0 spiro atoms. The van der Waals surface area contributed by atoms with Crippen molar-refractivity contribution in [3.05, 3.63) is 76.2 Å². The zero-order chi connectivity index (χ0) is 18.9. The highest BCUT2D eigenvalue weighted by atomic mass is 16.3. The minimum Gasteiger partial charge on any atom is -0.389 e. The van der Waals surface area contributed by atoms with Crippen molar-refractivity contribution in [3.8, 4) is 0 Å². The van der Waals surface area contributed by atoms with Gasteiger partial charge in [-0.05, 0) is 50.6 Å². The largest absolute Gasteiger partial charge is 0.389 e. The van der Waals surface area contributed by atoms with Gasteiger partial charge in [-0.1, -0.05) is 24.3 Å². The number of rotatable bonds is 4. The number of nitrogens with zero attached hydrogens (tertiary/aromatic N) is 1. The normalized spacial score (nSPS) is 11.5. The highest BCUT2D eigenvalue weighted by molar-refractivity contribution is 6.09. The number of aryl methyl sites for hydroxylation is 1. The molecule has 1 aromatic heterocycles. The number of fused-ring (bicyclic) bond motifs is 1. The predicted octanol–water partition coefficient (Wildman–Crippen LogP) is 3.33. The van der Waals surface area contributed by atoms with Crippen molar-refractivity contribution in [2.75, 3.05) is 5.32 Å². The number of benzene rings is 2. The Labute approximate surface area is 151 Å². The number of carbonyl (C=O) groups is 1. The van der Waals surface area contributed by atoms with Gasteiger partial charge in [-0.3, -0.25) is 9.59 Å². The lowest BCUT2D eigenvalue weighted by Crippen LogP contribution is -2.32. The van der Waals surface area contributed by atoms with E-state index in [0.29, 0.717) is 22.0 Å². The summed E-state index contributed by atoms with van der Waals surface area (Å²) in [6.07, 6.45) is 1.64. The van der Waals surface area contributed by atoms with Crippen molar-refractivity contribution in [3.63, 3.8) is 0 Å². The first-order valence-corrected chi connectivity index (χ1v) is 8.48. The molecule has 26 heavy (non-hydrogen) atoms. The van der Waals surface area contributed by atoms with E-state index in [1.54, 1.807) is 50.4 Å². The van der Waals surface area contributed by atoms with Crippen molar-refractivity contribution in [2.24, 2.45) is 0 Å². The molecule has 0 saturated carbocycles. The Hall–Kier alpha value is -2.92. The van der Waals surface area contributed by atoms with Gasteiger partial charge in [-0.2, -0.15) is 0 Å². The van der Waals surface area contributed by atoms with Gasteiger partial charge < -0.3 is 15.0 Å². The molecule has 0 aliphatic rings. The molecule has 0 unspecified atom stereocenters. The summed E-state index contributed by atoms with van der Waals surface area (Å²) in [6.45, 7) is 5.39. The number of anilines is 1. The molecule has 0 saturated heterocycles. The number of hydrogen-bond donors (Lipinski definition) is 2. The highest BCUT2D eigenvalue weighted by Gasteiger charge is 2.16. The third-order valence-electron chi connectivity index (χ3n) is 4.21. The first kappa shape index (κ1) is 17.9. The van der Waals surface area contributed by atoms with E-state index in [4.69, 9.17) is 0 Å². The van der Waals surface area contributed by atoms with Crippen molar-refractivity contribution >= 4 is 22.4 Å². The predicted molar refractivity (Wildman–Crippen MR) is 104 cm³/mol. The molecule has 0 atom stereocenters. The minimum absolute atomic E-state index is 0.196. The zero-order valence-electron chi connectivity index (χ0n) is 15.1. The quantitative estimate of drug-likeness (QED) is 0.758. The SMILES string of the molecule is Cc1ccccc1C(=O)Nc1cccc2c(=O)n(CC(C)(C)O)ccc12. The molecule has 0 radical (unpaired) electrons. The second-order valence-electron chi connectivity index (χ2n) is 7.10. The molecule has 5 nitrogen and oxygen atoms in total. The van der Waals surface area contributed by atoms with Crippen LogP contribution in [0.1, 0.15) is 29.8 Å². The van der Waals surface area contributed by atoms with Crippen LogP contribution in [0.25, 0.3) is 10.8 Å². The van der Waals surface area contributed by atoms with Crippen LogP contribution in [0.2, 0.25) is 0 Å². The summed E-state index contributed by atoms with van der Waals surface area (Å²) in [5.41, 5.74) is 0.881. The molecule has 134 valence electrons. The van der Waals surface area contributed by atoms with E-state index in [0.717, 1.165) is 5.56 Å². The van der Waals surface area contributed by atoms with Crippen LogP contribution in [-0.4, -0.2) is 21.2 Å². The number of aromatic nitrogens is 1. The minimum atomic E-state index is -0.992.